The zero-order valence-corrected chi connectivity index (χ0v) is 7.58. The molecule has 0 saturated heterocycles. The maximum absolute atomic E-state index is 3.41. The summed E-state index contributed by atoms with van der Waals surface area (Å²) in [7, 11) is 2.57. The molecule has 0 saturated carbocycles. The largest absolute Gasteiger partial charge is 0.180 e. The Morgan fingerprint density at radius 2 is 2.00 bits per heavy atom. The molecule has 0 aliphatic carbocycles. The van der Waals surface area contributed by atoms with Crippen molar-refractivity contribution in [1.82, 2.24) is 0 Å². The predicted molar refractivity (Wildman–Crippen MR) is 49.2 cm³/mol. The fourth-order valence-corrected chi connectivity index (χ4v) is 1.56. The summed E-state index contributed by atoms with van der Waals surface area (Å²) in [5.41, 5.74) is 1.21. The molecule has 0 heterocycles. The minimum absolute atomic E-state index is 1.14. The smallest absolute Gasteiger partial charge is 0.172 e. The molecule has 1 rings (SSSR count). The Hall–Kier alpha value is 0.195. The first kappa shape index (κ1) is 7.30. The fourth-order valence-electron chi connectivity index (χ4n) is 0.610. The van der Waals surface area contributed by atoms with Gasteiger partial charge in [0.15, 0.2) is 7.00 Å². The molecule has 45 valence electrons. The normalized spacial score (nSPS) is 9.11. The van der Waals surface area contributed by atoms with E-state index in [2.05, 4.69) is 31.1 Å². The topological polar surface area (TPSA) is 0 Å². The van der Waals surface area contributed by atoms with Crippen LogP contribution in [0.4, 0.5) is 0 Å². The van der Waals surface area contributed by atoms with Crippen LogP contribution in [0.3, 0.4) is 0 Å². The lowest BCUT2D eigenvalue weighted by Crippen LogP contribution is -2.08. The van der Waals surface area contributed by atoms with Gasteiger partial charge in [0.05, 0.1) is 0 Å². The average molecular weight is 200 g/mol. The molecule has 1 aromatic carbocycles. The van der Waals surface area contributed by atoms with Crippen LogP contribution in [0.15, 0.2) is 28.7 Å². The number of hydrogen-bond acceptors (Lipinski definition) is 0. The van der Waals surface area contributed by atoms with Crippen LogP contribution in [0.25, 0.3) is 0 Å². The van der Waals surface area contributed by atoms with Gasteiger partial charge in [-0.05, 0) is 6.07 Å². The lowest BCUT2D eigenvalue weighted by atomic mass is 9.95. The maximum Gasteiger partial charge on any atom is 0.180 e. The highest BCUT2D eigenvalue weighted by atomic mass is 79.9. The Balaban J connectivity index is 3.01. The van der Waals surface area contributed by atoms with E-state index in [0.717, 1.165) is 4.47 Å². The minimum Gasteiger partial charge on any atom is -0.172 e. The average Bonchev–Trinajstić information content (AvgIpc) is 1.89. The van der Waals surface area contributed by atoms with E-state index in [0.29, 0.717) is 0 Å². The van der Waals surface area contributed by atoms with Gasteiger partial charge in [-0.15, -0.1) is 0 Å². The van der Waals surface area contributed by atoms with E-state index >= 15 is 0 Å². The first-order valence-corrected chi connectivity index (χ1v) is 4.10. The molecule has 1 radical (unpaired) electrons. The van der Waals surface area contributed by atoms with Crippen LogP contribution in [0.2, 0.25) is 0 Å². The second-order valence-electron chi connectivity index (χ2n) is 1.69. The molecular weight excluding hydrogens is 194 g/mol. The molecule has 3 heteroatoms. The highest BCUT2D eigenvalue weighted by Gasteiger charge is 1.92. The fraction of sp³-hybridized carbons (Fsp3) is 0. The summed E-state index contributed by atoms with van der Waals surface area (Å²) in [6, 6.07) is 8.09. The quantitative estimate of drug-likeness (QED) is 0.476. The van der Waals surface area contributed by atoms with Gasteiger partial charge in [0.1, 0.15) is 0 Å². The summed E-state index contributed by atoms with van der Waals surface area (Å²) in [5.74, 6) is 0. The van der Waals surface area contributed by atoms with Gasteiger partial charge in [0.2, 0.25) is 0 Å². The van der Waals surface area contributed by atoms with Gasteiger partial charge >= 0.3 is 0 Å². The maximum atomic E-state index is 3.41. The van der Waals surface area contributed by atoms with Gasteiger partial charge in [-0.25, -0.2) is 0 Å². The Morgan fingerprint density at radius 3 is 2.44 bits per heavy atom. The molecule has 0 aromatic heterocycles. The van der Waals surface area contributed by atoms with E-state index in [9.17, 15) is 0 Å². The molecule has 0 bridgehead atoms. The van der Waals surface area contributed by atoms with Gasteiger partial charge in [0, 0.05) is 4.47 Å². The molecule has 0 amide bonds. The molecule has 1 aromatic rings. The van der Waals surface area contributed by atoms with Crippen LogP contribution in [0.5, 0.6) is 0 Å². The van der Waals surface area contributed by atoms with E-state index in [1.165, 1.54) is 5.46 Å². The van der Waals surface area contributed by atoms with E-state index in [4.69, 9.17) is 0 Å². The van der Waals surface area contributed by atoms with Crippen LogP contribution in [0.1, 0.15) is 0 Å². The lowest BCUT2D eigenvalue weighted by Gasteiger charge is -1.95. The third-order valence-electron chi connectivity index (χ3n) is 1.08. The molecule has 0 spiro atoms. The van der Waals surface area contributed by atoms with Crippen LogP contribution in [-0.2, 0) is 0 Å². The monoisotopic (exact) mass is 199 g/mol. The van der Waals surface area contributed by atoms with Crippen molar-refractivity contribution in [2.75, 3.05) is 0 Å². The number of benzene rings is 1. The Kier molecular flexibility index (Phi) is 2.75. The number of hydrogen-bond donors (Lipinski definition) is 0. The molecule has 0 aliphatic heterocycles. The van der Waals surface area contributed by atoms with Crippen LogP contribution in [-0.4, -0.2) is 7.00 Å². The summed E-state index contributed by atoms with van der Waals surface area (Å²) in [4.78, 5) is 0. The molecule has 1 atom stereocenters. The summed E-state index contributed by atoms with van der Waals surface area (Å²) in [5, 5.41) is 0. The van der Waals surface area contributed by atoms with E-state index in [-0.39, 0.29) is 0 Å². The van der Waals surface area contributed by atoms with E-state index < -0.39 is 0 Å². The molecule has 9 heavy (non-hydrogen) atoms. The van der Waals surface area contributed by atoms with Crippen molar-refractivity contribution in [2.45, 2.75) is 0 Å². The van der Waals surface area contributed by atoms with Crippen molar-refractivity contribution in [3.63, 3.8) is 0 Å². The second-order valence-corrected chi connectivity index (χ2v) is 2.88. The van der Waals surface area contributed by atoms with Gasteiger partial charge < -0.3 is 0 Å². The van der Waals surface area contributed by atoms with Crippen molar-refractivity contribution < 1.29 is 0 Å². The van der Waals surface area contributed by atoms with E-state index in [1.807, 2.05) is 25.2 Å². The number of rotatable bonds is 1. The molecule has 0 N–H and O–H groups in total. The summed E-state index contributed by atoms with van der Waals surface area (Å²) in [6.07, 6.45) is 0. The van der Waals surface area contributed by atoms with E-state index in [1.54, 1.807) is 0 Å². The Bertz CT molecular complexity index is 202. The molecule has 0 nitrogen and oxygen atoms in total. The molecular formula is C6H6BBrP. The van der Waals surface area contributed by atoms with Crippen LogP contribution >= 0.6 is 25.0 Å². The molecule has 0 fully saturated rings. The highest BCUT2D eigenvalue weighted by molar-refractivity contribution is 9.10. The summed E-state index contributed by atoms with van der Waals surface area (Å²) in [6.45, 7) is 1.99. The van der Waals surface area contributed by atoms with Gasteiger partial charge in [-0.2, -0.15) is 9.12 Å². The summed E-state index contributed by atoms with van der Waals surface area (Å²) >= 11 is 3.41. The Morgan fingerprint density at radius 1 is 1.33 bits per heavy atom. The van der Waals surface area contributed by atoms with Gasteiger partial charge in [-0.1, -0.05) is 39.6 Å². The first-order valence-electron chi connectivity index (χ1n) is 2.64. The van der Waals surface area contributed by atoms with Crippen molar-refractivity contribution in [1.29, 1.82) is 0 Å². The van der Waals surface area contributed by atoms with Gasteiger partial charge in [0.25, 0.3) is 0 Å². The SMILES string of the molecule is P[B]c1ccccc1Br. The zero-order chi connectivity index (χ0) is 6.69. The zero-order valence-electron chi connectivity index (χ0n) is 4.84. The molecule has 1 unspecified atom stereocenters. The minimum atomic E-state index is 1.14. The molecule has 0 aliphatic rings. The second kappa shape index (κ2) is 3.38. The van der Waals surface area contributed by atoms with Crippen molar-refractivity contribution in [3.05, 3.63) is 28.7 Å². The standard InChI is InChI=1S/C6H6BBrP/c8-6-4-2-1-3-5(6)7-9/h1-4H,9H2. The predicted octanol–water partition coefficient (Wildman–Crippen LogP) is 1.57. The summed E-state index contributed by atoms with van der Waals surface area (Å²) < 4.78 is 1.14. The number of halogens is 1. The first-order chi connectivity index (χ1) is 4.34. The van der Waals surface area contributed by atoms with Crippen molar-refractivity contribution in [3.8, 4) is 0 Å². The van der Waals surface area contributed by atoms with Crippen molar-refractivity contribution >= 4 is 37.5 Å². The van der Waals surface area contributed by atoms with Crippen molar-refractivity contribution in [2.24, 2.45) is 0 Å². The van der Waals surface area contributed by atoms with Gasteiger partial charge in [-0.3, -0.25) is 0 Å². The Labute approximate surface area is 66.6 Å². The third-order valence-corrected chi connectivity index (χ3v) is 2.17. The van der Waals surface area contributed by atoms with Crippen LogP contribution in [0, 0.1) is 0 Å². The van der Waals surface area contributed by atoms with Crippen LogP contribution < -0.4 is 5.46 Å². The lowest BCUT2D eigenvalue weighted by molar-refractivity contribution is 1.72. The highest BCUT2D eigenvalue weighted by Crippen LogP contribution is 2.04. The third kappa shape index (κ3) is 1.81.